The summed E-state index contributed by atoms with van der Waals surface area (Å²) in [5, 5.41) is 22.8. The van der Waals surface area contributed by atoms with E-state index >= 15 is 0 Å². The van der Waals surface area contributed by atoms with E-state index in [9.17, 15) is 20.2 Å². The van der Waals surface area contributed by atoms with E-state index in [-0.39, 0.29) is 29.3 Å². The Balaban J connectivity index is 1.80. The Morgan fingerprint density at radius 2 is 2.17 bits per heavy atom. The van der Waals surface area contributed by atoms with Gasteiger partial charge in [0.25, 0.3) is 11.6 Å². The molecule has 0 aliphatic heterocycles. The number of furan rings is 2. The largest absolute Gasteiger partial charge is 0.496 e. The number of hydrogen-bond donors (Lipinski definition) is 1. The molecular weight excluding hydrogens is 378 g/mol. The Morgan fingerprint density at radius 3 is 2.83 bits per heavy atom. The van der Waals surface area contributed by atoms with Crippen molar-refractivity contribution in [2.45, 2.75) is 6.54 Å². The van der Waals surface area contributed by atoms with Gasteiger partial charge in [-0.2, -0.15) is 5.26 Å². The Labute approximate surface area is 165 Å². The van der Waals surface area contributed by atoms with Gasteiger partial charge in [-0.05, 0) is 30.3 Å². The zero-order valence-corrected chi connectivity index (χ0v) is 15.2. The Bertz CT molecular complexity index is 1110. The summed E-state index contributed by atoms with van der Waals surface area (Å²) in [5.41, 5.74) is 0.240. The second kappa shape index (κ2) is 8.58. The summed E-state index contributed by atoms with van der Waals surface area (Å²) in [4.78, 5) is 22.6. The summed E-state index contributed by atoms with van der Waals surface area (Å²) in [6.07, 6.45) is 2.79. The van der Waals surface area contributed by atoms with Gasteiger partial charge in [0.05, 0.1) is 36.5 Å². The fourth-order valence-electron chi connectivity index (χ4n) is 2.54. The van der Waals surface area contributed by atoms with Gasteiger partial charge < -0.3 is 18.9 Å². The molecule has 0 aliphatic carbocycles. The van der Waals surface area contributed by atoms with Crippen LogP contribution in [0.3, 0.4) is 0 Å². The molecule has 9 heteroatoms. The normalized spacial score (nSPS) is 11.0. The van der Waals surface area contributed by atoms with Gasteiger partial charge in [0.2, 0.25) is 0 Å². The molecule has 0 radical (unpaired) electrons. The molecule has 3 rings (SSSR count). The predicted octanol–water partition coefficient (Wildman–Crippen LogP) is 3.68. The second-order valence-electron chi connectivity index (χ2n) is 5.78. The number of methoxy groups -OCH3 is 1. The quantitative estimate of drug-likeness (QED) is 0.280. The van der Waals surface area contributed by atoms with Crippen LogP contribution < -0.4 is 10.1 Å². The van der Waals surface area contributed by atoms with Crippen LogP contribution in [-0.2, 0) is 11.3 Å². The van der Waals surface area contributed by atoms with Crippen LogP contribution >= 0.6 is 0 Å². The van der Waals surface area contributed by atoms with Crippen LogP contribution in [0.2, 0.25) is 0 Å². The number of rotatable bonds is 7. The number of nitro groups is 1. The van der Waals surface area contributed by atoms with E-state index in [0.29, 0.717) is 17.1 Å². The van der Waals surface area contributed by atoms with E-state index in [1.54, 1.807) is 24.3 Å². The van der Waals surface area contributed by atoms with Crippen molar-refractivity contribution < 1.29 is 23.3 Å². The van der Waals surface area contributed by atoms with Gasteiger partial charge in [-0.3, -0.25) is 14.9 Å². The predicted molar refractivity (Wildman–Crippen MR) is 101 cm³/mol. The summed E-state index contributed by atoms with van der Waals surface area (Å²) in [6, 6.07) is 12.5. The number of ether oxygens (including phenoxy) is 1. The maximum absolute atomic E-state index is 12.2. The lowest BCUT2D eigenvalue weighted by molar-refractivity contribution is -0.384. The fourth-order valence-corrected chi connectivity index (χ4v) is 2.54. The van der Waals surface area contributed by atoms with Crippen molar-refractivity contribution in [1.29, 1.82) is 5.26 Å². The maximum Gasteiger partial charge on any atom is 0.273 e. The van der Waals surface area contributed by atoms with E-state index in [2.05, 4.69) is 5.32 Å². The Morgan fingerprint density at radius 1 is 1.34 bits per heavy atom. The van der Waals surface area contributed by atoms with Gasteiger partial charge in [0.15, 0.2) is 0 Å². The molecular formula is C20H15N3O6. The van der Waals surface area contributed by atoms with Gasteiger partial charge in [-0.25, -0.2) is 0 Å². The number of non-ortho nitro benzene ring substituents is 1. The van der Waals surface area contributed by atoms with Crippen molar-refractivity contribution >= 4 is 17.7 Å². The van der Waals surface area contributed by atoms with Crippen molar-refractivity contribution in [3.8, 4) is 23.1 Å². The van der Waals surface area contributed by atoms with Crippen LogP contribution in [0.1, 0.15) is 11.5 Å². The zero-order chi connectivity index (χ0) is 20.8. The number of carbonyl (C=O) groups excluding carboxylic acids is 1. The summed E-state index contributed by atoms with van der Waals surface area (Å²) >= 11 is 0. The van der Waals surface area contributed by atoms with E-state index in [1.807, 2.05) is 6.07 Å². The zero-order valence-electron chi connectivity index (χ0n) is 15.2. The number of nitrogens with zero attached hydrogens (tertiary/aromatic N) is 2. The number of nitriles is 1. The molecule has 0 fully saturated rings. The molecule has 29 heavy (non-hydrogen) atoms. The molecule has 1 aromatic carbocycles. The second-order valence-corrected chi connectivity index (χ2v) is 5.78. The highest BCUT2D eigenvalue weighted by Gasteiger charge is 2.16. The van der Waals surface area contributed by atoms with Crippen molar-refractivity contribution in [3.05, 3.63) is 75.9 Å². The number of amides is 1. The number of hydrogen-bond acceptors (Lipinski definition) is 7. The molecule has 1 amide bonds. The van der Waals surface area contributed by atoms with Crippen LogP contribution in [0.15, 0.2) is 63.1 Å². The third-order valence-electron chi connectivity index (χ3n) is 3.94. The molecule has 0 aliphatic rings. The lowest BCUT2D eigenvalue weighted by Gasteiger charge is -2.05. The number of nitrogens with one attached hydrogen (secondary N) is 1. The van der Waals surface area contributed by atoms with Crippen LogP contribution in [-0.4, -0.2) is 17.9 Å². The molecule has 2 aromatic heterocycles. The maximum atomic E-state index is 12.2. The summed E-state index contributed by atoms with van der Waals surface area (Å²) in [6.45, 7) is 0.147. The van der Waals surface area contributed by atoms with Crippen LogP contribution in [0.25, 0.3) is 17.4 Å². The molecule has 146 valence electrons. The van der Waals surface area contributed by atoms with E-state index < -0.39 is 10.8 Å². The molecule has 0 saturated heterocycles. The Hall–Kier alpha value is -4.32. The van der Waals surface area contributed by atoms with Gasteiger partial charge in [-0.15, -0.1) is 0 Å². The number of benzene rings is 1. The van der Waals surface area contributed by atoms with Gasteiger partial charge >= 0.3 is 0 Å². The van der Waals surface area contributed by atoms with Crippen molar-refractivity contribution in [2.75, 3.05) is 7.11 Å². The molecule has 0 unspecified atom stereocenters. The first-order valence-electron chi connectivity index (χ1n) is 8.37. The highest BCUT2D eigenvalue weighted by atomic mass is 16.6. The summed E-state index contributed by atoms with van der Waals surface area (Å²) < 4.78 is 16.0. The highest BCUT2D eigenvalue weighted by Crippen LogP contribution is 2.34. The minimum Gasteiger partial charge on any atom is -0.496 e. The fraction of sp³-hybridized carbons (Fsp3) is 0.100. The lowest BCUT2D eigenvalue weighted by Crippen LogP contribution is -2.23. The lowest BCUT2D eigenvalue weighted by atomic mass is 10.1. The van der Waals surface area contributed by atoms with Crippen molar-refractivity contribution in [2.24, 2.45) is 0 Å². The molecule has 0 bridgehead atoms. The van der Waals surface area contributed by atoms with Gasteiger partial charge in [-0.1, -0.05) is 0 Å². The minimum absolute atomic E-state index is 0.114. The third-order valence-corrected chi connectivity index (χ3v) is 3.94. The standard InChI is InChI=1S/C20H15N3O6/c1-27-19-10-14(23(25)26)4-6-17(19)18-7-5-15(29-18)9-13(11-21)20(24)22-12-16-3-2-8-28-16/h2-10H,12H2,1H3,(H,22,24). The molecule has 0 saturated carbocycles. The summed E-state index contributed by atoms with van der Waals surface area (Å²) in [5.74, 6) is 0.887. The third kappa shape index (κ3) is 4.51. The number of nitro benzene ring substituents is 1. The van der Waals surface area contributed by atoms with Crippen LogP contribution in [0.4, 0.5) is 5.69 Å². The molecule has 2 heterocycles. The molecule has 9 nitrogen and oxygen atoms in total. The summed E-state index contributed by atoms with van der Waals surface area (Å²) in [7, 11) is 1.39. The van der Waals surface area contributed by atoms with E-state index in [4.69, 9.17) is 13.6 Å². The monoisotopic (exact) mass is 393 g/mol. The smallest absolute Gasteiger partial charge is 0.273 e. The molecule has 0 spiro atoms. The number of carbonyl (C=O) groups is 1. The van der Waals surface area contributed by atoms with Crippen LogP contribution in [0, 0.1) is 21.4 Å². The van der Waals surface area contributed by atoms with Crippen molar-refractivity contribution in [1.82, 2.24) is 5.32 Å². The average Bonchev–Trinajstić information content (AvgIpc) is 3.41. The Kier molecular flexibility index (Phi) is 5.75. The molecule has 3 aromatic rings. The topological polar surface area (TPSA) is 132 Å². The first-order chi connectivity index (χ1) is 14.0. The first-order valence-corrected chi connectivity index (χ1v) is 8.37. The van der Waals surface area contributed by atoms with Crippen LogP contribution in [0.5, 0.6) is 5.75 Å². The molecule has 1 N–H and O–H groups in total. The minimum atomic E-state index is -0.574. The average molecular weight is 393 g/mol. The first kappa shape index (κ1) is 19.4. The van der Waals surface area contributed by atoms with Gasteiger partial charge in [0, 0.05) is 12.1 Å². The highest BCUT2D eigenvalue weighted by molar-refractivity contribution is 6.01. The van der Waals surface area contributed by atoms with E-state index in [0.717, 1.165) is 0 Å². The van der Waals surface area contributed by atoms with E-state index in [1.165, 1.54) is 37.6 Å². The SMILES string of the molecule is COc1cc([N+](=O)[O-])ccc1-c1ccc(C=C(C#N)C(=O)NCc2ccco2)o1. The molecule has 0 atom stereocenters. The van der Waals surface area contributed by atoms with Gasteiger partial charge in [0.1, 0.15) is 34.7 Å². The van der Waals surface area contributed by atoms with Crippen molar-refractivity contribution in [3.63, 3.8) is 0 Å².